The highest BCUT2D eigenvalue weighted by Crippen LogP contribution is 2.21. The average Bonchev–Trinajstić information content (AvgIpc) is 2.52. The van der Waals surface area contributed by atoms with Gasteiger partial charge in [-0.2, -0.15) is 0 Å². The molecule has 2 aromatic carbocycles. The normalized spacial score (nSPS) is 11.2. The molecule has 0 N–H and O–H groups in total. The van der Waals surface area contributed by atoms with Crippen LogP contribution in [0.15, 0.2) is 48.5 Å². The number of carbonyl (C=O) groups excluding carboxylic acids is 1. The van der Waals surface area contributed by atoms with Crippen LogP contribution in [0, 0.1) is 12.7 Å². The minimum atomic E-state index is -3.74. The number of aryl methyl sites for hydroxylation is 1. The van der Waals surface area contributed by atoms with Gasteiger partial charge in [-0.15, -0.1) is 0 Å². The molecule has 0 aliphatic heterocycles. The number of sulfonamides is 1. The Morgan fingerprint density at radius 2 is 1.72 bits per heavy atom. The van der Waals surface area contributed by atoms with E-state index in [1.54, 1.807) is 6.07 Å². The molecular weight excluding hydrogens is 343 g/mol. The van der Waals surface area contributed by atoms with Gasteiger partial charge < -0.3 is 4.90 Å². The van der Waals surface area contributed by atoms with Crippen LogP contribution in [0.25, 0.3) is 0 Å². The maximum Gasteiger partial charge on any atom is 0.247 e. The van der Waals surface area contributed by atoms with Crippen molar-refractivity contribution >= 4 is 27.3 Å². The van der Waals surface area contributed by atoms with E-state index in [9.17, 15) is 17.6 Å². The van der Waals surface area contributed by atoms with Crippen LogP contribution in [0.3, 0.4) is 0 Å². The topological polar surface area (TPSA) is 57.7 Å². The Bertz CT molecular complexity index is 868. The monoisotopic (exact) mass is 364 g/mol. The minimum absolute atomic E-state index is 0.121. The summed E-state index contributed by atoms with van der Waals surface area (Å²) < 4.78 is 38.6. The highest BCUT2D eigenvalue weighted by molar-refractivity contribution is 7.92. The van der Waals surface area contributed by atoms with Crippen molar-refractivity contribution in [2.45, 2.75) is 13.8 Å². The van der Waals surface area contributed by atoms with Crippen molar-refractivity contribution in [3.63, 3.8) is 0 Å². The highest BCUT2D eigenvalue weighted by atomic mass is 32.2. The zero-order valence-electron chi connectivity index (χ0n) is 14.4. The summed E-state index contributed by atoms with van der Waals surface area (Å²) in [7, 11) is -3.74. The summed E-state index contributed by atoms with van der Waals surface area (Å²) in [4.78, 5) is 14.2. The van der Waals surface area contributed by atoms with Gasteiger partial charge in [0, 0.05) is 12.2 Å². The number of hydrogen-bond acceptors (Lipinski definition) is 3. The molecule has 0 aromatic heterocycles. The maximum atomic E-state index is 13.5. The Morgan fingerprint density at radius 1 is 1.08 bits per heavy atom. The molecule has 0 radical (unpaired) electrons. The van der Waals surface area contributed by atoms with Gasteiger partial charge in [0.1, 0.15) is 12.4 Å². The third-order valence-corrected chi connectivity index (χ3v) is 4.85. The molecule has 5 nitrogen and oxygen atoms in total. The van der Waals surface area contributed by atoms with Crippen molar-refractivity contribution in [3.8, 4) is 0 Å². The van der Waals surface area contributed by atoms with E-state index in [0.717, 1.165) is 22.2 Å². The van der Waals surface area contributed by atoms with E-state index >= 15 is 0 Å². The first-order chi connectivity index (χ1) is 11.7. The summed E-state index contributed by atoms with van der Waals surface area (Å²) in [5, 5.41) is 0. The summed E-state index contributed by atoms with van der Waals surface area (Å²) in [5.41, 5.74) is 1.81. The van der Waals surface area contributed by atoms with Crippen molar-refractivity contribution in [2.24, 2.45) is 0 Å². The number of hydrogen-bond donors (Lipinski definition) is 0. The van der Waals surface area contributed by atoms with Gasteiger partial charge in [-0.3, -0.25) is 9.10 Å². The summed E-state index contributed by atoms with van der Waals surface area (Å²) in [5.74, 6) is -0.951. The van der Waals surface area contributed by atoms with Crippen LogP contribution in [0.1, 0.15) is 12.5 Å². The van der Waals surface area contributed by atoms with Crippen molar-refractivity contribution in [2.75, 3.05) is 28.6 Å². The second kappa shape index (κ2) is 7.65. The predicted octanol–water partition coefficient (Wildman–Crippen LogP) is 2.95. The summed E-state index contributed by atoms with van der Waals surface area (Å²) in [6.07, 6.45) is 0.994. The van der Waals surface area contributed by atoms with E-state index in [1.807, 2.05) is 32.0 Å². The predicted molar refractivity (Wildman–Crippen MR) is 97.8 cm³/mol. The summed E-state index contributed by atoms with van der Waals surface area (Å²) >= 11 is 0. The SMILES string of the molecule is CCN(C(=O)CN(c1cccc(F)c1)S(C)(=O)=O)c1cccc(C)c1. The number of amides is 1. The fourth-order valence-electron chi connectivity index (χ4n) is 2.54. The lowest BCUT2D eigenvalue weighted by atomic mass is 10.2. The van der Waals surface area contributed by atoms with Crippen LogP contribution in [0.4, 0.5) is 15.8 Å². The molecule has 0 aliphatic rings. The van der Waals surface area contributed by atoms with E-state index in [1.165, 1.54) is 23.1 Å². The molecule has 0 saturated carbocycles. The first-order valence-electron chi connectivity index (χ1n) is 7.82. The quantitative estimate of drug-likeness (QED) is 0.792. The fourth-order valence-corrected chi connectivity index (χ4v) is 3.38. The van der Waals surface area contributed by atoms with Crippen molar-refractivity contribution in [1.29, 1.82) is 0 Å². The smallest absolute Gasteiger partial charge is 0.247 e. The Balaban J connectivity index is 2.33. The molecule has 1 amide bonds. The van der Waals surface area contributed by atoms with Gasteiger partial charge in [0.2, 0.25) is 15.9 Å². The number of rotatable bonds is 6. The second-order valence-electron chi connectivity index (χ2n) is 5.73. The van der Waals surface area contributed by atoms with Gasteiger partial charge in [-0.05, 0) is 49.7 Å². The van der Waals surface area contributed by atoms with E-state index in [4.69, 9.17) is 0 Å². The van der Waals surface area contributed by atoms with Gasteiger partial charge in [-0.25, -0.2) is 12.8 Å². The second-order valence-corrected chi connectivity index (χ2v) is 7.63. The van der Waals surface area contributed by atoms with E-state index in [0.29, 0.717) is 12.2 Å². The molecule has 7 heteroatoms. The Hall–Kier alpha value is -2.41. The van der Waals surface area contributed by atoms with Crippen molar-refractivity contribution in [3.05, 3.63) is 59.9 Å². The van der Waals surface area contributed by atoms with Gasteiger partial charge in [-0.1, -0.05) is 18.2 Å². The molecular formula is C18H21FN2O3S. The molecule has 2 rings (SSSR count). The van der Waals surface area contributed by atoms with Gasteiger partial charge in [0.05, 0.1) is 11.9 Å². The Kier molecular flexibility index (Phi) is 5.79. The molecule has 2 aromatic rings. The van der Waals surface area contributed by atoms with Gasteiger partial charge >= 0.3 is 0 Å². The van der Waals surface area contributed by atoms with Gasteiger partial charge in [0.15, 0.2) is 0 Å². The lowest BCUT2D eigenvalue weighted by Gasteiger charge is -2.27. The molecule has 0 bridgehead atoms. The first-order valence-corrected chi connectivity index (χ1v) is 9.67. The van der Waals surface area contributed by atoms with E-state index in [-0.39, 0.29) is 11.6 Å². The third kappa shape index (κ3) is 4.79. The maximum absolute atomic E-state index is 13.5. The van der Waals surface area contributed by atoms with Crippen molar-refractivity contribution < 1.29 is 17.6 Å². The number of benzene rings is 2. The molecule has 0 aliphatic carbocycles. The lowest BCUT2D eigenvalue weighted by Crippen LogP contribution is -2.43. The van der Waals surface area contributed by atoms with Crippen LogP contribution in [-0.4, -0.2) is 33.7 Å². The molecule has 0 spiro atoms. The molecule has 0 heterocycles. The zero-order valence-corrected chi connectivity index (χ0v) is 15.3. The zero-order chi connectivity index (χ0) is 18.6. The number of nitrogens with zero attached hydrogens (tertiary/aromatic N) is 2. The summed E-state index contributed by atoms with van der Waals surface area (Å²) in [6, 6.07) is 12.6. The fraction of sp³-hybridized carbons (Fsp3) is 0.278. The van der Waals surface area contributed by atoms with Crippen molar-refractivity contribution in [1.82, 2.24) is 0 Å². The standard InChI is InChI=1S/C18H21FN2O3S/c1-4-20(16-9-5-7-14(2)11-16)18(22)13-21(25(3,23)24)17-10-6-8-15(19)12-17/h5-12H,4,13H2,1-3H3. The number of likely N-dealkylation sites (N-methyl/N-ethyl adjacent to an activating group) is 1. The number of halogens is 1. The first kappa shape index (κ1) is 18.9. The molecule has 0 saturated heterocycles. The minimum Gasteiger partial charge on any atom is -0.311 e. The van der Waals surface area contributed by atoms with Crippen LogP contribution in [-0.2, 0) is 14.8 Å². The van der Waals surface area contributed by atoms with Crippen LogP contribution in [0.2, 0.25) is 0 Å². The molecule has 25 heavy (non-hydrogen) atoms. The van der Waals surface area contributed by atoms with E-state index in [2.05, 4.69) is 0 Å². The molecule has 0 fully saturated rings. The molecule has 134 valence electrons. The molecule has 0 unspecified atom stereocenters. The van der Waals surface area contributed by atoms with Gasteiger partial charge in [0.25, 0.3) is 0 Å². The van der Waals surface area contributed by atoms with E-state index < -0.39 is 22.4 Å². The number of anilines is 2. The highest BCUT2D eigenvalue weighted by Gasteiger charge is 2.24. The average molecular weight is 364 g/mol. The largest absolute Gasteiger partial charge is 0.311 e. The summed E-state index contributed by atoms with van der Waals surface area (Å²) in [6.45, 7) is 3.72. The van der Waals surface area contributed by atoms with Crippen LogP contribution >= 0.6 is 0 Å². The number of carbonyl (C=O) groups is 1. The Morgan fingerprint density at radius 3 is 2.28 bits per heavy atom. The van der Waals surface area contributed by atoms with Crippen LogP contribution in [0.5, 0.6) is 0 Å². The third-order valence-electron chi connectivity index (χ3n) is 3.71. The van der Waals surface area contributed by atoms with Crippen LogP contribution < -0.4 is 9.21 Å². The lowest BCUT2D eigenvalue weighted by molar-refractivity contribution is -0.117. The molecule has 0 atom stereocenters. The Labute approximate surface area is 147 Å².